The molecule has 0 saturated carbocycles. The molecule has 14 heavy (non-hydrogen) atoms. The summed E-state index contributed by atoms with van der Waals surface area (Å²) in [4.78, 5) is 11.8. The van der Waals surface area contributed by atoms with Crippen molar-refractivity contribution in [2.75, 3.05) is 5.73 Å². The van der Waals surface area contributed by atoms with E-state index < -0.39 is 0 Å². The van der Waals surface area contributed by atoms with Crippen LogP contribution in [0.3, 0.4) is 0 Å². The van der Waals surface area contributed by atoms with Crippen LogP contribution in [0.2, 0.25) is 0 Å². The zero-order chi connectivity index (χ0) is 9.97. The third-order valence-electron chi connectivity index (χ3n) is 2.81. The molecule has 0 radical (unpaired) electrons. The molecule has 74 valence electrons. The Balaban J connectivity index is 2.46. The van der Waals surface area contributed by atoms with Crippen LogP contribution in [-0.4, -0.2) is 5.78 Å². The summed E-state index contributed by atoms with van der Waals surface area (Å²) >= 11 is 0. The zero-order valence-electron chi connectivity index (χ0n) is 8.25. The molecule has 0 amide bonds. The highest BCUT2D eigenvalue weighted by atomic mass is 16.1. The van der Waals surface area contributed by atoms with Gasteiger partial charge in [-0.2, -0.15) is 0 Å². The van der Waals surface area contributed by atoms with E-state index in [9.17, 15) is 4.79 Å². The Kier molecular flexibility index (Phi) is 2.53. The lowest BCUT2D eigenvalue weighted by atomic mass is 9.91. The van der Waals surface area contributed by atoms with E-state index in [4.69, 9.17) is 5.73 Å². The van der Waals surface area contributed by atoms with Crippen molar-refractivity contribution in [3.8, 4) is 0 Å². The molecule has 0 saturated heterocycles. The van der Waals surface area contributed by atoms with Crippen LogP contribution in [0.4, 0.5) is 5.69 Å². The lowest BCUT2D eigenvalue weighted by Crippen LogP contribution is -2.10. The van der Waals surface area contributed by atoms with Gasteiger partial charge in [0.15, 0.2) is 5.78 Å². The molecule has 1 aliphatic rings. The number of rotatable bonds is 0. The average Bonchev–Trinajstić information content (AvgIpc) is 2.13. The summed E-state index contributed by atoms with van der Waals surface area (Å²) in [6, 6.07) is 5.77. The van der Waals surface area contributed by atoms with Crippen LogP contribution in [0.15, 0.2) is 18.2 Å². The fraction of sp³-hybridized carbons (Fsp3) is 0.417. The van der Waals surface area contributed by atoms with E-state index in [2.05, 4.69) is 0 Å². The van der Waals surface area contributed by atoms with E-state index in [0.717, 1.165) is 30.4 Å². The number of anilines is 1. The summed E-state index contributed by atoms with van der Waals surface area (Å²) in [5.74, 6) is 0.220. The van der Waals surface area contributed by atoms with Crippen molar-refractivity contribution in [2.45, 2.75) is 32.1 Å². The van der Waals surface area contributed by atoms with Crippen LogP contribution in [0.5, 0.6) is 0 Å². The van der Waals surface area contributed by atoms with Gasteiger partial charge in [-0.15, -0.1) is 0 Å². The van der Waals surface area contributed by atoms with Gasteiger partial charge in [0.1, 0.15) is 0 Å². The van der Waals surface area contributed by atoms with E-state index in [0.29, 0.717) is 12.1 Å². The molecule has 2 rings (SSSR count). The Labute approximate surface area is 84.1 Å². The molecule has 0 fully saturated rings. The predicted octanol–water partition coefficient (Wildman–Crippen LogP) is 2.57. The summed E-state index contributed by atoms with van der Waals surface area (Å²) in [5.41, 5.74) is 8.40. The van der Waals surface area contributed by atoms with Gasteiger partial charge in [-0.3, -0.25) is 4.79 Å². The van der Waals surface area contributed by atoms with Gasteiger partial charge < -0.3 is 5.73 Å². The van der Waals surface area contributed by atoms with Crippen LogP contribution < -0.4 is 5.73 Å². The van der Waals surface area contributed by atoms with Gasteiger partial charge in [-0.25, -0.2) is 0 Å². The molecular weight excluding hydrogens is 174 g/mol. The minimum atomic E-state index is 0.220. The van der Waals surface area contributed by atoms with Gasteiger partial charge in [-0.05, 0) is 30.9 Å². The first-order chi connectivity index (χ1) is 6.79. The van der Waals surface area contributed by atoms with Gasteiger partial charge in [0.2, 0.25) is 0 Å². The summed E-state index contributed by atoms with van der Waals surface area (Å²) in [7, 11) is 0. The van der Waals surface area contributed by atoms with Crippen molar-refractivity contribution in [3.05, 3.63) is 29.3 Å². The first kappa shape index (κ1) is 9.25. The second-order valence-corrected chi connectivity index (χ2v) is 3.87. The lowest BCUT2D eigenvalue weighted by Gasteiger charge is -2.14. The fourth-order valence-electron chi connectivity index (χ4n) is 2.07. The number of ketones is 1. The molecule has 1 aromatic rings. The molecule has 2 nitrogen and oxygen atoms in total. The summed E-state index contributed by atoms with van der Waals surface area (Å²) in [6.45, 7) is 0. The Bertz CT molecular complexity index is 357. The number of carbonyl (C=O) groups is 1. The lowest BCUT2D eigenvalue weighted by molar-refractivity contribution is 0.0977. The van der Waals surface area contributed by atoms with Crippen LogP contribution in [-0.2, 0) is 6.42 Å². The first-order valence-electron chi connectivity index (χ1n) is 5.19. The standard InChI is InChI=1S/C12H15NO/c13-10-7-4-6-9-5-2-1-3-8-11(14)12(9)10/h4,6-7H,1-3,5,8,13H2. The number of aryl methyl sites for hydroxylation is 1. The molecule has 2 heteroatoms. The quantitative estimate of drug-likeness (QED) is 0.637. The van der Waals surface area contributed by atoms with Gasteiger partial charge in [0.25, 0.3) is 0 Å². The summed E-state index contributed by atoms with van der Waals surface area (Å²) < 4.78 is 0. The molecule has 0 unspecified atom stereocenters. The van der Waals surface area contributed by atoms with Crippen molar-refractivity contribution in [3.63, 3.8) is 0 Å². The second-order valence-electron chi connectivity index (χ2n) is 3.87. The van der Waals surface area contributed by atoms with Crippen LogP contribution in [0.1, 0.15) is 41.6 Å². The number of nitrogen functional groups attached to an aromatic ring is 1. The van der Waals surface area contributed by atoms with Crippen molar-refractivity contribution >= 4 is 11.5 Å². The highest BCUT2D eigenvalue weighted by molar-refractivity contribution is 6.02. The monoisotopic (exact) mass is 189 g/mol. The van der Waals surface area contributed by atoms with Gasteiger partial charge >= 0.3 is 0 Å². The normalized spacial score (nSPS) is 17.0. The number of nitrogens with two attached hydrogens (primary N) is 1. The van der Waals surface area contributed by atoms with E-state index in [-0.39, 0.29) is 5.78 Å². The molecular formula is C12H15NO. The van der Waals surface area contributed by atoms with Gasteiger partial charge in [-0.1, -0.05) is 18.6 Å². The number of Topliss-reactive ketones (excluding diaryl/α,β-unsaturated/α-hetero) is 1. The number of fused-ring (bicyclic) bond motifs is 1. The Hall–Kier alpha value is -1.31. The molecule has 0 spiro atoms. The third-order valence-corrected chi connectivity index (χ3v) is 2.81. The number of benzene rings is 1. The first-order valence-corrected chi connectivity index (χ1v) is 5.19. The smallest absolute Gasteiger partial charge is 0.165 e. The van der Waals surface area contributed by atoms with E-state index in [1.54, 1.807) is 0 Å². The average molecular weight is 189 g/mol. The molecule has 0 atom stereocenters. The minimum absolute atomic E-state index is 0.220. The molecule has 0 aromatic heterocycles. The van der Waals surface area contributed by atoms with Crippen LogP contribution >= 0.6 is 0 Å². The fourth-order valence-corrected chi connectivity index (χ4v) is 2.07. The molecule has 2 N–H and O–H groups in total. The molecule has 0 bridgehead atoms. The SMILES string of the molecule is Nc1cccc2c1C(=O)CCCCC2. The highest BCUT2D eigenvalue weighted by Crippen LogP contribution is 2.24. The Morgan fingerprint density at radius 2 is 1.86 bits per heavy atom. The maximum Gasteiger partial charge on any atom is 0.165 e. The number of carbonyl (C=O) groups excluding carboxylic acids is 1. The zero-order valence-corrected chi connectivity index (χ0v) is 8.25. The van der Waals surface area contributed by atoms with E-state index in [1.807, 2.05) is 18.2 Å². The van der Waals surface area contributed by atoms with Crippen molar-refractivity contribution < 1.29 is 4.79 Å². The summed E-state index contributed by atoms with van der Waals surface area (Å²) in [6.07, 6.45) is 4.98. The molecule has 0 aliphatic heterocycles. The molecule has 1 aliphatic carbocycles. The van der Waals surface area contributed by atoms with Crippen LogP contribution in [0, 0.1) is 0 Å². The number of hydrogen-bond donors (Lipinski definition) is 1. The maximum absolute atomic E-state index is 11.8. The van der Waals surface area contributed by atoms with Crippen LogP contribution in [0.25, 0.3) is 0 Å². The second kappa shape index (κ2) is 3.82. The van der Waals surface area contributed by atoms with Crippen molar-refractivity contribution in [1.82, 2.24) is 0 Å². The van der Waals surface area contributed by atoms with Crippen molar-refractivity contribution in [1.29, 1.82) is 0 Å². The van der Waals surface area contributed by atoms with E-state index in [1.165, 1.54) is 6.42 Å². The molecule has 0 heterocycles. The Morgan fingerprint density at radius 1 is 1.07 bits per heavy atom. The third kappa shape index (κ3) is 1.65. The topological polar surface area (TPSA) is 43.1 Å². The van der Waals surface area contributed by atoms with E-state index >= 15 is 0 Å². The largest absolute Gasteiger partial charge is 0.398 e. The summed E-state index contributed by atoms with van der Waals surface area (Å²) in [5, 5.41) is 0. The van der Waals surface area contributed by atoms with Gasteiger partial charge in [0.05, 0.1) is 0 Å². The number of hydrogen-bond acceptors (Lipinski definition) is 2. The predicted molar refractivity (Wildman–Crippen MR) is 57.4 cm³/mol. The van der Waals surface area contributed by atoms with Gasteiger partial charge in [0, 0.05) is 17.7 Å². The maximum atomic E-state index is 11.8. The Morgan fingerprint density at radius 3 is 2.71 bits per heavy atom. The van der Waals surface area contributed by atoms with Crippen molar-refractivity contribution in [2.24, 2.45) is 0 Å². The molecule has 1 aromatic carbocycles. The minimum Gasteiger partial charge on any atom is -0.398 e. The highest BCUT2D eigenvalue weighted by Gasteiger charge is 2.16.